The number of carbonyl (C=O) groups is 1. The van der Waals surface area contributed by atoms with Gasteiger partial charge in [0.1, 0.15) is 21.3 Å². The predicted octanol–water partition coefficient (Wildman–Crippen LogP) is 6.43. The van der Waals surface area contributed by atoms with E-state index in [1.807, 2.05) is 30.3 Å². The summed E-state index contributed by atoms with van der Waals surface area (Å²) in [5, 5.41) is 14.8. The van der Waals surface area contributed by atoms with E-state index < -0.39 is 23.6 Å². The number of halogens is 2. The molecule has 0 radical (unpaired) electrons. The third-order valence-electron chi connectivity index (χ3n) is 7.00. The SMILES string of the molecule is CCc1cccc(CNC[C@@H](c2c3ccccc3nc3sc(C(=O)O)cc23)[C@@H](N)Cc2cc(F)cc(F)c2)c1. The average Bonchev–Trinajstić information content (AvgIpc) is 3.34. The van der Waals surface area contributed by atoms with Gasteiger partial charge in [-0.3, -0.25) is 0 Å². The molecule has 0 saturated carbocycles. The minimum absolute atomic E-state index is 0.193. The number of fused-ring (bicyclic) bond motifs is 2. The Labute approximate surface area is 229 Å². The third-order valence-corrected chi connectivity index (χ3v) is 8.02. The maximum absolute atomic E-state index is 14.0. The molecule has 0 aliphatic rings. The summed E-state index contributed by atoms with van der Waals surface area (Å²) in [5.74, 6) is -2.62. The van der Waals surface area contributed by atoms with Gasteiger partial charge in [-0.15, -0.1) is 11.3 Å². The smallest absolute Gasteiger partial charge is 0.345 e. The molecular formula is C31H29F2N3O2S. The highest BCUT2D eigenvalue weighted by atomic mass is 32.1. The van der Waals surface area contributed by atoms with Gasteiger partial charge in [-0.2, -0.15) is 0 Å². The Bertz CT molecular complexity index is 1630. The Hall–Kier alpha value is -3.72. The zero-order valence-electron chi connectivity index (χ0n) is 21.5. The van der Waals surface area contributed by atoms with Gasteiger partial charge in [0, 0.05) is 41.9 Å². The molecule has 0 aliphatic heterocycles. The number of pyridine rings is 1. The number of para-hydroxylation sites is 1. The minimum atomic E-state index is -1.02. The van der Waals surface area contributed by atoms with Crippen molar-refractivity contribution < 1.29 is 18.7 Å². The molecule has 0 unspecified atom stereocenters. The van der Waals surface area contributed by atoms with Crippen LogP contribution in [0.25, 0.3) is 21.1 Å². The van der Waals surface area contributed by atoms with Gasteiger partial charge in [0.2, 0.25) is 0 Å². The minimum Gasteiger partial charge on any atom is -0.477 e. The van der Waals surface area contributed by atoms with Crippen LogP contribution in [0.1, 0.15) is 44.8 Å². The molecule has 3 aromatic carbocycles. The van der Waals surface area contributed by atoms with Crippen LogP contribution in [0.2, 0.25) is 0 Å². The molecule has 0 saturated heterocycles. The molecule has 2 heterocycles. The summed E-state index contributed by atoms with van der Waals surface area (Å²) < 4.78 is 28.0. The van der Waals surface area contributed by atoms with Crippen LogP contribution in [-0.4, -0.2) is 28.6 Å². The van der Waals surface area contributed by atoms with Crippen molar-refractivity contribution in [1.29, 1.82) is 0 Å². The summed E-state index contributed by atoms with van der Waals surface area (Å²) in [7, 11) is 0. The summed E-state index contributed by atoms with van der Waals surface area (Å²) in [6, 6.07) is 20.6. The maximum atomic E-state index is 14.0. The van der Waals surface area contributed by atoms with Crippen LogP contribution in [-0.2, 0) is 19.4 Å². The zero-order valence-corrected chi connectivity index (χ0v) is 22.3. The van der Waals surface area contributed by atoms with Crippen LogP contribution in [0.3, 0.4) is 0 Å². The molecule has 0 aliphatic carbocycles. The number of rotatable bonds is 10. The van der Waals surface area contributed by atoms with Crippen molar-refractivity contribution in [3.63, 3.8) is 0 Å². The first-order valence-corrected chi connectivity index (χ1v) is 13.7. The van der Waals surface area contributed by atoms with E-state index in [0.717, 1.165) is 51.2 Å². The second-order valence-electron chi connectivity index (χ2n) is 9.73. The fraction of sp³-hybridized carbons (Fsp3) is 0.226. The number of aromatic nitrogens is 1. The first-order chi connectivity index (χ1) is 18.8. The largest absolute Gasteiger partial charge is 0.477 e. The molecule has 0 bridgehead atoms. The summed E-state index contributed by atoms with van der Waals surface area (Å²) in [6.07, 6.45) is 1.18. The topological polar surface area (TPSA) is 88.2 Å². The fourth-order valence-electron chi connectivity index (χ4n) is 5.16. The first kappa shape index (κ1) is 26.9. The number of aryl methyl sites for hydroxylation is 1. The molecule has 200 valence electrons. The molecule has 0 amide bonds. The van der Waals surface area contributed by atoms with E-state index in [2.05, 4.69) is 30.4 Å². The monoisotopic (exact) mass is 545 g/mol. The molecule has 5 nitrogen and oxygen atoms in total. The average molecular weight is 546 g/mol. The van der Waals surface area contributed by atoms with Gasteiger partial charge in [-0.1, -0.05) is 49.4 Å². The summed E-state index contributed by atoms with van der Waals surface area (Å²) in [6.45, 7) is 3.20. The van der Waals surface area contributed by atoms with Crippen molar-refractivity contribution in [3.05, 3.63) is 112 Å². The molecule has 5 aromatic rings. The Kier molecular flexibility index (Phi) is 7.97. The number of carboxylic acid groups (broad SMARTS) is 1. The Morgan fingerprint density at radius 2 is 1.72 bits per heavy atom. The van der Waals surface area contributed by atoms with Crippen molar-refractivity contribution in [3.8, 4) is 0 Å². The van der Waals surface area contributed by atoms with E-state index in [1.54, 1.807) is 6.07 Å². The number of benzene rings is 3. The molecule has 39 heavy (non-hydrogen) atoms. The van der Waals surface area contributed by atoms with Crippen LogP contribution in [0, 0.1) is 11.6 Å². The fourth-order valence-corrected chi connectivity index (χ4v) is 6.05. The Morgan fingerprint density at radius 1 is 0.974 bits per heavy atom. The van der Waals surface area contributed by atoms with Crippen molar-refractivity contribution in [2.24, 2.45) is 5.73 Å². The van der Waals surface area contributed by atoms with Crippen molar-refractivity contribution in [2.45, 2.75) is 38.3 Å². The molecular weight excluding hydrogens is 516 g/mol. The number of carboxylic acids is 1. The number of hydrogen-bond acceptors (Lipinski definition) is 5. The normalized spacial score (nSPS) is 13.1. The van der Waals surface area contributed by atoms with Gasteiger partial charge in [0.15, 0.2) is 0 Å². The van der Waals surface area contributed by atoms with Crippen LogP contribution < -0.4 is 11.1 Å². The summed E-state index contributed by atoms with van der Waals surface area (Å²) >= 11 is 1.13. The van der Waals surface area contributed by atoms with Crippen molar-refractivity contribution in [1.82, 2.24) is 10.3 Å². The van der Waals surface area contributed by atoms with Crippen LogP contribution in [0.5, 0.6) is 0 Å². The quantitative estimate of drug-likeness (QED) is 0.188. The molecule has 0 fully saturated rings. The number of nitrogens with zero attached hydrogens (tertiary/aromatic N) is 1. The lowest BCUT2D eigenvalue weighted by Crippen LogP contribution is -2.37. The van der Waals surface area contributed by atoms with Crippen LogP contribution in [0.4, 0.5) is 8.78 Å². The van der Waals surface area contributed by atoms with Crippen LogP contribution >= 0.6 is 11.3 Å². The highest BCUT2D eigenvalue weighted by molar-refractivity contribution is 7.20. The maximum Gasteiger partial charge on any atom is 0.345 e. The van der Waals surface area contributed by atoms with Gasteiger partial charge >= 0.3 is 5.97 Å². The molecule has 0 spiro atoms. The number of thiophene rings is 1. The second kappa shape index (κ2) is 11.6. The molecule has 2 aromatic heterocycles. The standard InChI is InChI=1S/C31H29F2N3O2S/c1-2-18-6-5-7-19(10-18)16-35-17-25(26(34)13-20-11-21(32)14-22(33)12-20)29-23-8-3-4-9-27(23)36-30-24(29)15-28(39-30)31(37)38/h3-12,14-15,25-26,35H,2,13,16-17,34H2,1H3,(H,37,38)/t25-,26+/m1/s1. The van der Waals surface area contributed by atoms with E-state index in [-0.39, 0.29) is 17.2 Å². The molecule has 4 N–H and O–H groups in total. The second-order valence-corrected chi connectivity index (χ2v) is 10.8. The van der Waals surface area contributed by atoms with Gasteiger partial charge in [-0.05, 0) is 59.4 Å². The number of nitrogens with two attached hydrogens (primary N) is 1. The van der Waals surface area contributed by atoms with E-state index in [1.165, 1.54) is 17.7 Å². The molecule has 2 atom stereocenters. The van der Waals surface area contributed by atoms with E-state index in [0.29, 0.717) is 23.5 Å². The molecule has 8 heteroatoms. The van der Waals surface area contributed by atoms with E-state index in [9.17, 15) is 18.7 Å². The van der Waals surface area contributed by atoms with E-state index >= 15 is 0 Å². The van der Waals surface area contributed by atoms with Crippen LogP contribution in [0.15, 0.2) is 72.8 Å². The Balaban J connectivity index is 1.57. The van der Waals surface area contributed by atoms with Gasteiger partial charge in [0.05, 0.1) is 5.52 Å². The lowest BCUT2D eigenvalue weighted by atomic mass is 9.84. The highest BCUT2D eigenvalue weighted by Crippen LogP contribution is 2.37. The van der Waals surface area contributed by atoms with Gasteiger partial charge in [0.25, 0.3) is 0 Å². The predicted molar refractivity (Wildman–Crippen MR) is 152 cm³/mol. The lowest BCUT2D eigenvalue weighted by Gasteiger charge is -2.27. The third kappa shape index (κ3) is 5.98. The van der Waals surface area contributed by atoms with Crippen molar-refractivity contribution in [2.75, 3.05) is 6.54 Å². The van der Waals surface area contributed by atoms with Crippen molar-refractivity contribution >= 4 is 38.4 Å². The number of hydrogen-bond donors (Lipinski definition) is 3. The summed E-state index contributed by atoms with van der Waals surface area (Å²) in [4.78, 5) is 17.4. The van der Waals surface area contributed by atoms with E-state index in [4.69, 9.17) is 10.7 Å². The number of nitrogens with one attached hydrogen (secondary N) is 1. The molecule has 5 rings (SSSR count). The Morgan fingerprint density at radius 3 is 2.46 bits per heavy atom. The lowest BCUT2D eigenvalue weighted by molar-refractivity contribution is 0.0702. The zero-order chi connectivity index (χ0) is 27.5. The summed E-state index contributed by atoms with van der Waals surface area (Å²) in [5.41, 5.74) is 11.3. The highest BCUT2D eigenvalue weighted by Gasteiger charge is 2.27. The number of aromatic carboxylic acids is 1. The van der Waals surface area contributed by atoms with Gasteiger partial charge in [-0.25, -0.2) is 18.6 Å². The first-order valence-electron chi connectivity index (χ1n) is 12.9. The van der Waals surface area contributed by atoms with Gasteiger partial charge < -0.3 is 16.2 Å².